The molecule has 0 heterocycles. The molecule has 1 aromatic rings. The van der Waals surface area contributed by atoms with Crippen molar-refractivity contribution in [3.8, 4) is 5.75 Å². The molecule has 0 radical (unpaired) electrons. The number of benzene rings is 1. The molecular weight excluding hydrogens is 254 g/mol. The lowest BCUT2D eigenvalue weighted by molar-refractivity contribution is 0.0854. The molecule has 4 nitrogen and oxygen atoms in total. The highest BCUT2D eigenvalue weighted by Crippen LogP contribution is 2.29. The van der Waals surface area contributed by atoms with Gasteiger partial charge in [0.2, 0.25) is 0 Å². The third-order valence-electron chi connectivity index (χ3n) is 3.94. The van der Waals surface area contributed by atoms with Crippen LogP contribution in [0.1, 0.15) is 44.6 Å². The first-order chi connectivity index (χ1) is 9.70. The van der Waals surface area contributed by atoms with E-state index in [1.807, 2.05) is 24.3 Å². The third-order valence-corrected chi connectivity index (χ3v) is 3.94. The smallest absolute Gasteiger partial charge is 0.128 e. The van der Waals surface area contributed by atoms with Crippen molar-refractivity contribution in [1.82, 2.24) is 0 Å². The maximum Gasteiger partial charge on any atom is 0.128 e. The molecule has 4 heteroatoms. The van der Waals surface area contributed by atoms with Gasteiger partial charge in [-0.25, -0.2) is 0 Å². The second-order valence-electron chi connectivity index (χ2n) is 5.53. The van der Waals surface area contributed by atoms with Crippen LogP contribution < -0.4 is 4.74 Å². The Kier molecular flexibility index (Phi) is 5.41. The summed E-state index contributed by atoms with van der Waals surface area (Å²) in [5, 5.41) is 22.1. The average molecular weight is 277 g/mol. The van der Waals surface area contributed by atoms with Crippen LogP contribution >= 0.6 is 0 Å². The van der Waals surface area contributed by atoms with Crippen LogP contribution in [0.25, 0.3) is 0 Å². The Morgan fingerprint density at radius 2 is 2.05 bits per heavy atom. The molecule has 0 saturated heterocycles. The van der Waals surface area contributed by atoms with Gasteiger partial charge in [0, 0.05) is 5.56 Å². The van der Waals surface area contributed by atoms with Crippen LogP contribution in [0.15, 0.2) is 29.4 Å². The fourth-order valence-corrected chi connectivity index (χ4v) is 2.83. The molecule has 1 fully saturated rings. The summed E-state index contributed by atoms with van der Waals surface area (Å²) in [6.07, 6.45) is 5.40. The second-order valence-corrected chi connectivity index (χ2v) is 5.53. The zero-order valence-electron chi connectivity index (χ0n) is 12.0. The van der Waals surface area contributed by atoms with E-state index in [1.54, 1.807) is 6.92 Å². The molecule has 1 aliphatic rings. The average Bonchev–Trinajstić information content (AvgIpc) is 2.97. The summed E-state index contributed by atoms with van der Waals surface area (Å²) in [6.45, 7) is 2.00. The lowest BCUT2D eigenvalue weighted by Crippen LogP contribution is -2.21. The minimum absolute atomic E-state index is 0.284. The Morgan fingerprint density at radius 3 is 2.75 bits per heavy atom. The van der Waals surface area contributed by atoms with Crippen molar-refractivity contribution in [2.24, 2.45) is 11.1 Å². The van der Waals surface area contributed by atoms with E-state index in [0.29, 0.717) is 17.4 Å². The van der Waals surface area contributed by atoms with Gasteiger partial charge in [-0.1, -0.05) is 43.0 Å². The van der Waals surface area contributed by atoms with E-state index in [2.05, 4.69) is 5.16 Å². The molecule has 2 N–H and O–H groups in total. The van der Waals surface area contributed by atoms with Crippen LogP contribution in [-0.4, -0.2) is 28.7 Å². The molecule has 0 bridgehead atoms. The van der Waals surface area contributed by atoms with E-state index in [0.717, 1.165) is 12.0 Å². The Bertz CT molecular complexity index is 453. The normalized spacial score (nSPS) is 18.2. The first-order valence-electron chi connectivity index (χ1n) is 7.29. The van der Waals surface area contributed by atoms with Gasteiger partial charge in [0.1, 0.15) is 12.4 Å². The van der Waals surface area contributed by atoms with E-state index in [4.69, 9.17) is 9.94 Å². The number of ether oxygens (including phenoxy) is 1. The molecule has 0 spiro atoms. The molecule has 0 aliphatic heterocycles. The summed E-state index contributed by atoms with van der Waals surface area (Å²) in [4.78, 5) is 0. The van der Waals surface area contributed by atoms with E-state index in [1.165, 1.54) is 25.7 Å². The summed E-state index contributed by atoms with van der Waals surface area (Å²) in [6, 6.07) is 7.40. The number of nitrogens with zero attached hydrogens (tertiary/aromatic N) is 1. The number of para-hydroxylation sites is 1. The van der Waals surface area contributed by atoms with Crippen LogP contribution in [0, 0.1) is 5.92 Å². The molecule has 0 aromatic heterocycles. The highest BCUT2D eigenvalue weighted by atomic mass is 16.5. The monoisotopic (exact) mass is 277 g/mol. The van der Waals surface area contributed by atoms with Crippen molar-refractivity contribution in [2.75, 3.05) is 6.61 Å². The predicted octanol–water partition coefficient (Wildman–Crippen LogP) is 3.20. The van der Waals surface area contributed by atoms with E-state index < -0.39 is 6.10 Å². The lowest BCUT2D eigenvalue weighted by Gasteiger charge is -2.17. The van der Waals surface area contributed by atoms with Crippen molar-refractivity contribution in [2.45, 2.75) is 45.1 Å². The van der Waals surface area contributed by atoms with E-state index in [-0.39, 0.29) is 6.61 Å². The topological polar surface area (TPSA) is 62.1 Å². The fourth-order valence-electron chi connectivity index (χ4n) is 2.83. The highest BCUT2D eigenvalue weighted by Gasteiger charge is 2.19. The molecule has 1 aromatic carbocycles. The van der Waals surface area contributed by atoms with E-state index >= 15 is 0 Å². The largest absolute Gasteiger partial charge is 0.490 e. The van der Waals surface area contributed by atoms with Crippen LogP contribution in [0.3, 0.4) is 0 Å². The van der Waals surface area contributed by atoms with Crippen molar-refractivity contribution in [3.05, 3.63) is 29.8 Å². The Morgan fingerprint density at radius 1 is 1.35 bits per heavy atom. The summed E-state index contributed by atoms with van der Waals surface area (Å²) < 4.78 is 5.69. The summed E-state index contributed by atoms with van der Waals surface area (Å²) >= 11 is 0. The molecule has 1 atom stereocenters. The summed E-state index contributed by atoms with van der Waals surface area (Å²) in [5.41, 5.74) is 1.26. The van der Waals surface area contributed by atoms with Crippen molar-refractivity contribution in [3.63, 3.8) is 0 Å². The van der Waals surface area contributed by atoms with Crippen LogP contribution in [0.4, 0.5) is 0 Å². The van der Waals surface area contributed by atoms with Gasteiger partial charge in [0.25, 0.3) is 0 Å². The Hall–Kier alpha value is -1.55. The number of aliphatic hydroxyl groups excluding tert-OH is 1. The predicted molar refractivity (Wildman–Crippen MR) is 78.5 cm³/mol. The van der Waals surface area contributed by atoms with Gasteiger partial charge in [-0.2, -0.15) is 0 Å². The third kappa shape index (κ3) is 3.97. The molecule has 20 heavy (non-hydrogen) atoms. The first-order valence-corrected chi connectivity index (χ1v) is 7.29. The summed E-state index contributed by atoms with van der Waals surface area (Å²) in [7, 11) is 0. The van der Waals surface area contributed by atoms with Crippen LogP contribution in [0.2, 0.25) is 0 Å². The van der Waals surface area contributed by atoms with Gasteiger partial charge in [-0.15, -0.1) is 0 Å². The zero-order chi connectivity index (χ0) is 14.4. The van der Waals surface area contributed by atoms with E-state index in [9.17, 15) is 5.11 Å². The van der Waals surface area contributed by atoms with Gasteiger partial charge in [-0.05, 0) is 31.4 Å². The molecule has 110 valence electrons. The first kappa shape index (κ1) is 14.9. The minimum Gasteiger partial charge on any atom is -0.490 e. The van der Waals surface area contributed by atoms with Crippen LogP contribution in [0.5, 0.6) is 5.75 Å². The van der Waals surface area contributed by atoms with Gasteiger partial charge in [0.05, 0.1) is 11.8 Å². The molecule has 1 saturated carbocycles. The molecule has 1 aliphatic carbocycles. The van der Waals surface area contributed by atoms with Gasteiger partial charge >= 0.3 is 0 Å². The summed E-state index contributed by atoms with van der Waals surface area (Å²) in [5.74, 6) is 1.29. The lowest BCUT2D eigenvalue weighted by atomic mass is 10.0. The van der Waals surface area contributed by atoms with Gasteiger partial charge in [0.15, 0.2) is 0 Å². The number of rotatable bonds is 6. The SMILES string of the molecule is C/C(=N/O)c1ccccc1OCC(O)CC1CCCC1. The highest BCUT2D eigenvalue weighted by molar-refractivity contribution is 6.00. The molecule has 0 amide bonds. The van der Waals surface area contributed by atoms with Crippen LogP contribution in [-0.2, 0) is 0 Å². The van der Waals surface area contributed by atoms with Crippen molar-refractivity contribution < 1.29 is 15.1 Å². The number of oxime groups is 1. The minimum atomic E-state index is -0.433. The van der Waals surface area contributed by atoms with Crippen molar-refractivity contribution >= 4 is 5.71 Å². The maximum atomic E-state index is 10.1. The van der Waals surface area contributed by atoms with Crippen molar-refractivity contribution in [1.29, 1.82) is 0 Å². The number of hydrogen-bond acceptors (Lipinski definition) is 4. The standard InChI is InChI=1S/C16H23NO3/c1-12(17-19)15-8-4-5-9-16(15)20-11-14(18)10-13-6-2-3-7-13/h4-5,8-9,13-14,18-19H,2-3,6-7,10-11H2,1H3/b17-12-. The molecule has 2 rings (SSSR count). The Balaban J connectivity index is 1.90. The maximum absolute atomic E-state index is 10.1. The quantitative estimate of drug-likeness (QED) is 0.477. The van der Waals surface area contributed by atoms with Gasteiger partial charge < -0.3 is 15.1 Å². The fraction of sp³-hybridized carbons (Fsp3) is 0.562. The number of hydrogen-bond donors (Lipinski definition) is 2. The molecule has 1 unspecified atom stereocenters. The zero-order valence-corrected chi connectivity index (χ0v) is 12.0. The van der Waals surface area contributed by atoms with Gasteiger partial charge in [-0.3, -0.25) is 0 Å². The second kappa shape index (κ2) is 7.29. The Labute approximate surface area is 120 Å². The number of aliphatic hydroxyl groups is 1. The molecular formula is C16H23NO3.